The van der Waals surface area contributed by atoms with Crippen molar-refractivity contribution in [1.82, 2.24) is 29.9 Å². The lowest BCUT2D eigenvalue weighted by atomic mass is 9.89. The van der Waals surface area contributed by atoms with E-state index in [0.717, 1.165) is 35.9 Å². The van der Waals surface area contributed by atoms with Crippen LogP contribution in [-0.4, -0.2) is 48.2 Å². The summed E-state index contributed by atoms with van der Waals surface area (Å²) in [4.78, 5) is 32.1. The molecule has 10 nitrogen and oxygen atoms in total. The number of hydrogen-bond acceptors (Lipinski definition) is 6. The summed E-state index contributed by atoms with van der Waals surface area (Å²) in [6, 6.07) is 5.88. The van der Waals surface area contributed by atoms with Crippen molar-refractivity contribution in [2.24, 2.45) is 5.92 Å². The van der Waals surface area contributed by atoms with E-state index in [9.17, 15) is 9.59 Å². The van der Waals surface area contributed by atoms with Crippen LogP contribution < -0.4 is 11.1 Å². The number of carbonyl (C=O) groups is 2. The van der Waals surface area contributed by atoms with E-state index in [1.807, 2.05) is 29.9 Å². The second kappa shape index (κ2) is 8.19. The Labute approximate surface area is 190 Å². The molecule has 1 saturated heterocycles. The highest BCUT2D eigenvalue weighted by Crippen LogP contribution is 2.35. The van der Waals surface area contributed by atoms with Crippen LogP contribution in [0.1, 0.15) is 38.3 Å². The first-order valence-corrected chi connectivity index (χ1v) is 11.1. The highest BCUT2D eigenvalue weighted by atomic mass is 16.2. The predicted octanol–water partition coefficient (Wildman–Crippen LogP) is 2.85. The Morgan fingerprint density at radius 3 is 2.94 bits per heavy atom. The number of fused-ring (bicyclic) bond motifs is 2. The van der Waals surface area contributed by atoms with Gasteiger partial charge in [0.15, 0.2) is 0 Å². The summed E-state index contributed by atoms with van der Waals surface area (Å²) in [5.74, 6) is -0.672. The number of anilines is 2. The number of carbonyl (C=O) groups excluding carboxylic acids is 2. The standard InChI is InChI=1S/C23H26N8O2/c1-3-30-12-15-8-14(5-6-17(15)29-30)19-7-4-13(2)11-31(19)23(33)22(32)27-18-10-25-21(24)16-9-26-28-20(16)18/h5-6,8-10,12-13,19H,3-4,7,11H2,1-2H3,(H2,24,25)(H,26,28)(H,27,32). The first kappa shape index (κ1) is 20.9. The number of nitrogens with zero attached hydrogens (tertiary/aromatic N) is 5. The fraction of sp³-hybridized carbons (Fsp3) is 0.348. The quantitative estimate of drug-likeness (QED) is 0.414. The Hall–Kier alpha value is -3.95. The van der Waals surface area contributed by atoms with Gasteiger partial charge < -0.3 is 16.0 Å². The Morgan fingerprint density at radius 2 is 2.12 bits per heavy atom. The van der Waals surface area contributed by atoms with E-state index in [1.54, 1.807) is 4.90 Å². The Bertz CT molecular complexity index is 1360. The van der Waals surface area contributed by atoms with Crippen LogP contribution in [0.25, 0.3) is 21.8 Å². The fourth-order valence-corrected chi connectivity index (χ4v) is 4.54. The van der Waals surface area contributed by atoms with E-state index < -0.39 is 11.8 Å². The first-order valence-electron chi connectivity index (χ1n) is 11.1. The normalized spacial score (nSPS) is 18.7. The molecule has 33 heavy (non-hydrogen) atoms. The number of amides is 2. The van der Waals surface area contributed by atoms with Gasteiger partial charge in [-0.15, -0.1) is 0 Å². The zero-order valence-corrected chi connectivity index (χ0v) is 18.6. The van der Waals surface area contributed by atoms with Gasteiger partial charge in [-0.3, -0.25) is 19.4 Å². The third kappa shape index (κ3) is 3.77. The van der Waals surface area contributed by atoms with E-state index in [1.165, 1.54) is 12.4 Å². The fourth-order valence-electron chi connectivity index (χ4n) is 4.54. The second-order valence-electron chi connectivity index (χ2n) is 8.63. The van der Waals surface area contributed by atoms with Gasteiger partial charge in [-0.2, -0.15) is 10.2 Å². The van der Waals surface area contributed by atoms with E-state index in [2.05, 4.69) is 38.6 Å². The molecular weight excluding hydrogens is 420 g/mol. The Kier molecular flexibility index (Phi) is 5.20. The molecule has 1 aromatic carbocycles. The summed E-state index contributed by atoms with van der Waals surface area (Å²) in [6.07, 6.45) is 6.75. The first-order chi connectivity index (χ1) is 15.9. The number of likely N-dealkylation sites (tertiary alicyclic amines) is 1. The molecule has 4 heterocycles. The van der Waals surface area contributed by atoms with Crippen LogP contribution in [0.15, 0.2) is 36.8 Å². The average Bonchev–Trinajstić information content (AvgIpc) is 3.47. The molecule has 0 aliphatic carbocycles. The number of aromatic amines is 1. The minimum atomic E-state index is -0.712. The predicted molar refractivity (Wildman–Crippen MR) is 125 cm³/mol. The van der Waals surface area contributed by atoms with Crippen molar-refractivity contribution in [1.29, 1.82) is 0 Å². The van der Waals surface area contributed by atoms with Crippen LogP contribution in [0.2, 0.25) is 0 Å². The number of hydrogen-bond donors (Lipinski definition) is 3. The monoisotopic (exact) mass is 446 g/mol. The number of nitrogens with one attached hydrogen (secondary N) is 2. The molecule has 2 amide bonds. The van der Waals surface area contributed by atoms with Gasteiger partial charge in [-0.05, 0) is 43.4 Å². The minimum Gasteiger partial charge on any atom is -0.383 e. The summed E-state index contributed by atoms with van der Waals surface area (Å²) in [5.41, 5.74) is 8.69. The number of aromatic nitrogens is 5. The van der Waals surface area contributed by atoms with Gasteiger partial charge in [0.1, 0.15) is 5.82 Å². The molecule has 0 bridgehead atoms. The molecule has 2 unspecified atom stereocenters. The molecule has 0 spiro atoms. The van der Waals surface area contributed by atoms with E-state index in [4.69, 9.17) is 5.73 Å². The van der Waals surface area contributed by atoms with Crippen molar-refractivity contribution in [3.8, 4) is 0 Å². The van der Waals surface area contributed by atoms with Crippen LogP contribution in [-0.2, 0) is 16.1 Å². The number of nitrogens with two attached hydrogens (primary N) is 1. The topological polar surface area (TPSA) is 135 Å². The molecule has 1 aliphatic heterocycles. The summed E-state index contributed by atoms with van der Waals surface area (Å²) in [6.45, 7) is 5.45. The molecule has 10 heteroatoms. The molecule has 4 aromatic rings. The van der Waals surface area contributed by atoms with Crippen molar-refractivity contribution < 1.29 is 9.59 Å². The Morgan fingerprint density at radius 1 is 1.27 bits per heavy atom. The molecule has 4 N–H and O–H groups in total. The van der Waals surface area contributed by atoms with E-state index in [0.29, 0.717) is 34.9 Å². The van der Waals surface area contributed by atoms with Gasteiger partial charge >= 0.3 is 11.8 Å². The maximum atomic E-state index is 13.3. The zero-order valence-electron chi connectivity index (χ0n) is 18.6. The van der Waals surface area contributed by atoms with Crippen LogP contribution >= 0.6 is 0 Å². The molecule has 1 fully saturated rings. The van der Waals surface area contributed by atoms with Gasteiger partial charge in [0.2, 0.25) is 0 Å². The number of H-pyrrole nitrogens is 1. The molecular formula is C23H26N8O2. The molecule has 1 aliphatic rings. The van der Waals surface area contributed by atoms with Gasteiger partial charge in [-0.1, -0.05) is 13.0 Å². The molecule has 170 valence electrons. The number of nitrogen functional groups attached to an aromatic ring is 1. The van der Waals surface area contributed by atoms with Crippen LogP contribution in [0.3, 0.4) is 0 Å². The lowest BCUT2D eigenvalue weighted by Gasteiger charge is -2.38. The number of pyridine rings is 1. The zero-order chi connectivity index (χ0) is 23.1. The van der Waals surface area contributed by atoms with Crippen molar-refractivity contribution in [3.63, 3.8) is 0 Å². The van der Waals surface area contributed by atoms with Crippen molar-refractivity contribution in [3.05, 3.63) is 42.4 Å². The van der Waals surface area contributed by atoms with E-state index in [-0.39, 0.29) is 6.04 Å². The maximum Gasteiger partial charge on any atom is 0.314 e. The van der Waals surface area contributed by atoms with Gasteiger partial charge in [0, 0.05) is 24.7 Å². The van der Waals surface area contributed by atoms with E-state index >= 15 is 0 Å². The molecule has 0 saturated carbocycles. The van der Waals surface area contributed by atoms with Crippen molar-refractivity contribution in [2.45, 2.75) is 39.3 Å². The van der Waals surface area contributed by atoms with Gasteiger partial charge in [0.05, 0.1) is 40.5 Å². The maximum absolute atomic E-state index is 13.3. The molecule has 2 atom stereocenters. The van der Waals surface area contributed by atoms with Crippen LogP contribution in [0.5, 0.6) is 0 Å². The summed E-state index contributed by atoms with van der Waals surface area (Å²) >= 11 is 0. The van der Waals surface area contributed by atoms with Crippen LogP contribution in [0.4, 0.5) is 11.5 Å². The third-order valence-electron chi connectivity index (χ3n) is 6.32. The summed E-state index contributed by atoms with van der Waals surface area (Å²) in [7, 11) is 0. The number of rotatable bonds is 3. The second-order valence-corrected chi connectivity index (χ2v) is 8.63. The number of benzene rings is 1. The number of piperidine rings is 1. The smallest absolute Gasteiger partial charge is 0.314 e. The van der Waals surface area contributed by atoms with Gasteiger partial charge in [-0.25, -0.2) is 4.98 Å². The highest BCUT2D eigenvalue weighted by Gasteiger charge is 2.34. The molecule has 5 rings (SSSR count). The Balaban J connectivity index is 1.42. The lowest BCUT2D eigenvalue weighted by molar-refractivity contribution is -0.146. The van der Waals surface area contributed by atoms with Crippen molar-refractivity contribution in [2.75, 3.05) is 17.6 Å². The largest absolute Gasteiger partial charge is 0.383 e. The minimum absolute atomic E-state index is 0.175. The SMILES string of the molecule is CCn1cc2cc(C3CCC(C)CN3C(=O)C(=O)Nc3cnc(N)c4cn[nH]c34)ccc2n1. The van der Waals surface area contributed by atoms with Crippen molar-refractivity contribution >= 4 is 45.1 Å². The summed E-state index contributed by atoms with van der Waals surface area (Å²) < 4.78 is 1.89. The van der Waals surface area contributed by atoms with Crippen LogP contribution in [0, 0.1) is 5.92 Å². The van der Waals surface area contributed by atoms with Gasteiger partial charge in [0.25, 0.3) is 0 Å². The third-order valence-corrected chi connectivity index (χ3v) is 6.32. The summed E-state index contributed by atoms with van der Waals surface area (Å²) in [5, 5.41) is 15.6. The number of aryl methyl sites for hydroxylation is 1. The molecule has 3 aromatic heterocycles. The highest BCUT2D eigenvalue weighted by molar-refractivity contribution is 6.40. The lowest BCUT2D eigenvalue weighted by Crippen LogP contribution is -2.46. The average molecular weight is 447 g/mol. The molecule has 0 radical (unpaired) electrons.